The minimum absolute atomic E-state index is 0.174. The second-order valence-electron chi connectivity index (χ2n) is 13.2. The Balaban J connectivity index is 1.52. The van der Waals surface area contributed by atoms with Gasteiger partial charge in [-0.2, -0.15) is 5.26 Å². The SMILES string of the molecule is CO/C=C1/CC[C@]2(C)[C@H]3CC[C@]4(C)[C@@H]([C@H](C)CCCC(C)C)CC[C@H]4[C@@H]3CCC2(C#N)C1. The fraction of sp³-hybridized carbons (Fsp3) is 0.900. The largest absolute Gasteiger partial charge is 0.504 e. The molecule has 0 aromatic rings. The summed E-state index contributed by atoms with van der Waals surface area (Å²) < 4.78 is 5.36. The summed E-state index contributed by atoms with van der Waals surface area (Å²) in [5.41, 5.74) is 1.91. The molecule has 0 radical (unpaired) electrons. The molecule has 0 saturated heterocycles. The number of nitriles is 1. The Kier molecular flexibility index (Phi) is 6.80. The van der Waals surface area contributed by atoms with E-state index in [1.54, 1.807) is 7.11 Å². The Bertz CT molecular complexity index is 748. The molecule has 0 aromatic heterocycles. The predicted molar refractivity (Wildman–Crippen MR) is 133 cm³/mol. The van der Waals surface area contributed by atoms with Crippen molar-refractivity contribution in [1.82, 2.24) is 0 Å². The average Bonchev–Trinajstić information content (AvgIpc) is 3.11. The van der Waals surface area contributed by atoms with Crippen LogP contribution in [0.1, 0.15) is 112 Å². The van der Waals surface area contributed by atoms with Crippen molar-refractivity contribution in [3.8, 4) is 6.07 Å². The first kappa shape index (κ1) is 24.2. The van der Waals surface area contributed by atoms with Crippen molar-refractivity contribution in [2.24, 2.45) is 51.8 Å². The van der Waals surface area contributed by atoms with Crippen LogP contribution in [-0.4, -0.2) is 7.11 Å². The van der Waals surface area contributed by atoms with Crippen LogP contribution in [0.4, 0.5) is 0 Å². The van der Waals surface area contributed by atoms with E-state index in [1.165, 1.54) is 63.4 Å². The summed E-state index contributed by atoms with van der Waals surface area (Å²) in [6.07, 6.45) is 17.4. The van der Waals surface area contributed by atoms with Gasteiger partial charge in [-0.3, -0.25) is 0 Å². The van der Waals surface area contributed by atoms with Crippen LogP contribution in [0.3, 0.4) is 0 Å². The molecule has 0 bridgehead atoms. The van der Waals surface area contributed by atoms with Gasteiger partial charge in [-0.15, -0.1) is 0 Å². The molecular weight excluding hydrogens is 390 g/mol. The second kappa shape index (κ2) is 9.00. The van der Waals surface area contributed by atoms with Crippen molar-refractivity contribution in [3.05, 3.63) is 11.8 Å². The molecule has 0 heterocycles. The van der Waals surface area contributed by atoms with Gasteiger partial charge in [0, 0.05) is 0 Å². The molecule has 4 saturated carbocycles. The third-order valence-corrected chi connectivity index (χ3v) is 11.4. The van der Waals surface area contributed by atoms with Gasteiger partial charge >= 0.3 is 0 Å². The summed E-state index contributed by atoms with van der Waals surface area (Å²) in [6, 6.07) is 2.91. The smallest absolute Gasteiger partial charge is 0.0817 e. The van der Waals surface area contributed by atoms with Crippen LogP contribution >= 0.6 is 0 Å². The summed E-state index contributed by atoms with van der Waals surface area (Å²) in [5.74, 6) is 5.10. The molecule has 32 heavy (non-hydrogen) atoms. The van der Waals surface area contributed by atoms with E-state index in [4.69, 9.17) is 4.74 Å². The Labute approximate surface area is 198 Å². The van der Waals surface area contributed by atoms with Crippen molar-refractivity contribution in [1.29, 1.82) is 5.26 Å². The molecule has 2 nitrogen and oxygen atoms in total. The number of ether oxygens (including phenoxy) is 1. The first-order valence-corrected chi connectivity index (χ1v) is 13.8. The molecule has 180 valence electrons. The Hall–Kier alpha value is -0.970. The van der Waals surface area contributed by atoms with Crippen LogP contribution in [0, 0.1) is 63.1 Å². The molecule has 0 aromatic carbocycles. The van der Waals surface area contributed by atoms with E-state index in [2.05, 4.69) is 40.7 Å². The maximum Gasteiger partial charge on any atom is 0.0817 e. The normalized spacial score (nSPS) is 45.6. The summed E-state index contributed by atoms with van der Waals surface area (Å²) >= 11 is 0. The first-order chi connectivity index (χ1) is 15.2. The van der Waals surface area contributed by atoms with E-state index in [1.807, 2.05) is 6.26 Å². The van der Waals surface area contributed by atoms with Crippen LogP contribution in [0.2, 0.25) is 0 Å². The number of hydrogen-bond acceptors (Lipinski definition) is 2. The van der Waals surface area contributed by atoms with Crippen LogP contribution < -0.4 is 0 Å². The van der Waals surface area contributed by atoms with Crippen LogP contribution in [0.25, 0.3) is 0 Å². The van der Waals surface area contributed by atoms with E-state index < -0.39 is 0 Å². The van der Waals surface area contributed by atoms with Gasteiger partial charge in [0.15, 0.2) is 0 Å². The maximum absolute atomic E-state index is 10.5. The molecule has 2 heteroatoms. The van der Waals surface area contributed by atoms with Crippen molar-refractivity contribution in [3.63, 3.8) is 0 Å². The van der Waals surface area contributed by atoms with Gasteiger partial charge in [-0.05, 0) is 110 Å². The van der Waals surface area contributed by atoms with E-state index >= 15 is 0 Å². The number of methoxy groups -OCH3 is 1. The number of allylic oxidation sites excluding steroid dienone is 1. The number of fused-ring (bicyclic) bond motifs is 5. The van der Waals surface area contributed by atoms with E-state index in [0.29, 0.717) is 5.41 Å². The van der Waals surface area contributed by atoms with Crippen LogP contribution in [0.15, 0.2) is 11.8 Å². The van der Waals surface area contributed by atoms with Crippen LogP contribution in [0.5, 0.6) is 0 Å². The first-order valence-electron chi connectivity index (χ1n) is 13.8. The topological polar surface area (TPSA) is 33.0 Å². The number of rotatable bonds is 6. The van der Waals surface area contributed by atoms with Crippen molar-refractivity contribution < 1.29 is 4.74 Å². The lowest BCUT2D eigenvalue weighted by atomic mass is 9.40. The third kappa shape index (κ3) is 3.75. The maximum atomic E-state index is 10.5. The minimum Gasteiger partial charge on any atom is -0.504 e. The highest BCUT2D eigenvalue weighted by molar-refractivity contribution is 5.25. The zero-order valence-electron chi connectivity index (χ0n) is 21.9. The number of nitrogens with zero attached hydrogens (tertiary/aromatic N) is 1. The monoisotopic (exact) mass is 439 g/mol. The van der Waals surface area contributed by atoms with Gasteiger partial charge in [0.25, 0.3) is 0 Å². The van der Waals surface area contributed by atoms with Gasteiger partial charge in [0.05, 0.1) is 24.9 Å². The average molecular weight is 440 g/mol. The summed E-state index contributed by atoms with van der Waals surface area (Å²) in [5, 5.41) is 10.5. The van der Waals surface area contributed by atoms with Crippen LogP contribution in [-0.2, 0) is 4.74 Å². The number of hydrogen-bond donors (Lipinski definition) is 0. The molecule has 8 atom stereocenters. The molecule has 0 N–H and O–H groups in total. The summed E-state index contributed by atoms with van der Waals surface area (Å²) in [4.78, 5) is 0. The molecule has 4 rings (SSSR count). The molecule has 1 unspecified atom stereocenters. The lowest BCUT2D eigenvalue weighted by Crippen LogP contribution is -2.57. The highest BCUT2D eigenvalue weighted by Gasteiger charge is 2.64. The van der Waals surface area contributed by atoms with E-state index in [9.17, 15) is 5.26 Å². The van der Waals surface area contributed by atoms with E-state index in [0.717, 1.165) is 54.8 Å². The molecular formula is C30H49NO. The standard InChI is InChI=1S/C30H49NO/c1-21(2)8-7-9-22(3)25-10-11-26-24-13-17-30(20-31)18-23(19-32-6)12-16-29(30,5)27(24)14-15-28(25,26)4/h19,21-22,24-27H,7-18H2,1-6H3/b23-19-/t22-,24+,25-,26+,27+,28-,29-,30?/m1/s1. The zero-order valence-corrected chi connectivity index (χ0v) is 21.9. The lowest BCUT2D eigenvalue weighted by Gasteiger charge is -2.63. The van der Waals surface area contributed by atoms with Gasteiger partial charge in [0.2, 0.25) is 0 Å². The molecule has 4 aliphatic rings. The minimum atomic E-state index is -0.174. The van der Waals surface area contributed by atoms with Crippen molar-refractivity contribution in [2.45, 2.75) is 112 Å². The van der Waals surface area contributed by atoms with Crippen molar-refractivity contribution >= 4 is 0 Å². The Morgan fingerprint density at radius 2 is 1.81 bits per heavy atom. The highest BCUT2D eigenvalue weighted by atomic mass is 16.5. The van der Waals surface area contributed by atoms with Gasteiger partial charge in [-0.25, -0.2) is 0 Å². The Morgan fingerprint density at radius 3 is 2.50 bits per heavy atom. The molecule has 4 aliphatic carbocycles. The second-order valence-corrected chi connectivity index (χ2v) is 13.2. The molecule has 0 aliphatic heterocycles. The molecule has 0 amide bonds. The quantitative estimate of drug-likeness (QED) is 0.388. The summed E-state index contributed by atoms with van der Waals surface area (Å²) in [6.45, 7) is 12.5. The molecule has 0 spiro atoms. The summed E-state index contributed by atoms with van der Waals surface area (Å²) in [7, 11) is 1.75. The fourth-order valence-electron chi connectivity index (χ4n) is 9.66. The lowest BCUT2D eigenvalue weighted by molar-refractivity contribution is -0.133. The third-order valence-electron chi connectivity index (χ3n) is 11.4. The Morgan fingerprint density at radius 1 is 1.03 bits per heavy atom. The van der Waals surface area contributed by atoms with Gasteiger partial charge < -0.3 is 4.74 Å². The van der Waals surface area contributed by atoms with Gasteiger partial charge in [0.1, 0.15) is 0 Å². The fourth-order valence-corrected chi connectivity index (χ4v) is 9.66. The highest BCUT2D eigenvalue weighted by Crippen LogP contribution is 2.71. The zero-order chi connectivity index (χ0) is 23.1. The predicted octanol–water partition coefficient (Wildman–Crippen LogP) is 8.53. The van der Waals surface area contributed by atoms with Crippen molar-refractivity contribution in [2.75, 3.05) is 7.11 Å². The molecule has 4 fully saturated rings. The van der Waals surface area contributed by atoms with E-state index in [-0.39, 0.29) is 10.8 Å². The van der Waals surface area contributed by atoms with Gasteiger partial charge in [-0.1, -0.05) is 53.9 Å².